The summed E-state index contributed by atoms with van der Waals surface area (Å²) in [5, 5.41) is 5.76. The van der Waals surface area contributed by atoms with Crippen LogP contribution in [0.3, 0.4) is 0 Å². The van der Waals surface area contributed by atoms with Gasteiger partial charge in [-0.3, -0.25) is 4.79 Å². The van der Waals surface area contributed by atoms with Crippen molar-refractivity contribution in [3.8, 4) is 0 Å². The Kier molecular flexibility index (Phi) is 6.86. The molecule has 3 N–H and O–H groups in total. The highest BCUT2D eigenvalue weighted by Crippen LogP contribution is 2.14. The topological polar surface area (TPSA) is 100 Å². The minimum absolute atomic E-state index is 0.0136. The van der Waals surface area contributed by atoms with Crippen molar-refractivity contribution in [3.05, 3.63) is 22.8 Å². The molecule has 1 amide bonds. The zero-order valence-electron chi connectivity index (χ0n) is 11.9. The number of halogens is 1. The van der Waals surface area contributed by atoms with Gasteiger partial charge in [-0.2, -0.15) is 0 Å². The van der Waals surface area contributed by atoms with E-state index >= 15 is 0 Å². The lowest BCUT2D eigenvalue weighted by Crippen LogP contribution is -2.33. The molecule has 0 spiro atoms. The van der Waals surface area contributed by atoms with Gasteiger partial charge in [-0.15, -0.1) is 0 Å². The maximum absolute atomic E-state index is 12.0. The number of sulfonamides is 1. The van der Waals surface area contributed by atoms with Crippen molar-refractivity contribution in [2.24, 2.45) is 0 Å². The van der Waals surface area contributed by atoms with Gasteiger partial charge in [0.2, 0.25) is 10.0 Å². The Balaban J connectivity index is 2.67. The summed E-state index contributed by atoms with van der Waals surface area (Å²) < 4.78 is 24.7. The number of nitrogens with zero attached hydrogens (tertiary/aromatic N) is 1. The molecule has 0 bridgehead atoms. The van der Waals surface area contributed by atoms with Crippen LogP contribution in [0.15, 0.2) is 12.1 Å². The van der Waals surface area contributed by atoms with E-state index in [0.29, 0.717) is 11.4 Å². The van der Waals surface area contributed by atoms with Crippen molar-refractivity contribution in [3.63, 3.8) is 0 Å². The summed E-state index contributed by atoms with van der Waals surface area (Å²) in [7, 11) is -2.02. The number of nitrogens with one attached hydrogen (secondary N) is 3. The molecule has 0 saturated carbocycles. The predicted octanol–water partition coefficient (Wildman–Crippen LogP) is 0.836. The van der Waals surface area contributed by atoms with Crippen molar-refractivity contribution >= 4 is 33.3 Å². The average Bonchev–Trinajstić information content (AvgIpc) is 2.44. The molecule has 1 rings (SSSR count). The molecule has 118 valence electrons. The van der Waals surface area contributed by atoms with Gasteiger partial charge in [0, 0.05) is 18.7 Å². The highest BCUT2D eigenvalue weighted by atomic mass is 35.5. The molecule has 1 heterocycles. The number of anilines is 1. The zero-order valence-corrected chi connectivity index (χ0v) is 13.5. The summed E-state index contributed by atoms with van der Waals surface area (Å²) in [6.45, 7) is 2.74. The van der Waals surface area contributed by atoms with Crippen LogP contribution in [0.5, 0.6) is 0 Å². The average molecular weight is 335 g/mol. The molecule has 0 aliphatic heterocycles. The summed E-state index contributed by atoms with van der Waals surface area (Å²) >= 11 is 5.87. The first-order valence-electron chi connectivity index (χ1n) is 6.49. The molecule has 0 aliphatic carbocycles. The second-order valence-corrected chi connectivity index (χ2v) is 6.70. The zero-order chi connectivity index (χ0) is 15.9. The van der Waals surface area contributed by atoms with Gasteiger partial charge in [0.15, 0.2) is 0 Å². The van der Waals surface area contributed by atoms with Crippen molar-refractivity contribution < 1.29 is 13.2 Å². The SMILES string of the molecule is CCCNc1cc(C(=O)NCCS(=O)(=O)NC)cc(Cl)n1. The number of pyridine rings is 1. The molecule has 0 saturated heterocycles. The summed E-state index contributed by atoms with van der Waals surface area (Å²) in [6, 6.07) is 3.00. The lowest BCUT2D eigenvalue weighted by atomic mass is 10.2. The first-order chi connectivity index (χ1) is 9.88. The third kappa shape index (κ3) is 6.28. The molecule has 7 nitrogen and oxygen atoms in total. The first-order valence-corrected chi connectivity index (χ1v) is 8.52. The van der Waals surface area contributed by atoms with E-state index in [2.05, 4.69) is 20.3 Å². The number of aromatic nitrogens is 1. The number of carbonyl (C=O) groups excluding carboxylic acids is 1. The Hall–Kier alpha value is -1.38. The second-order valence-electron chi connectivity index (χ2n) is 4.27. The Morgan fingerprint density at radius 1 is 1.33 bits per heavy atom. The van der Waals surface area contributed by atoms with Crippen molar-refractivity contribution in [2.45, 2.75) is 13.3 Å². The fraction of sp³-hybridized carbons (Fsp3) is 0.500. The van der Waals surface area contributed by atoms with Crippen molar-refractivity contribution in [1.29, 1.82) is 0 Å². The van der Waals surface area contributed by atoms with Crippen LogP contribution < -0.4 is 15.4 Å². The van der Waals surface area contributed by atoms with Gasteiger partial charge in [0.1, 0.15) is 11.0 Å². The van der Waals surface area contributed by atoms with Crippen LogP contribution in [0.4, 0.5) is 5.82 Å². The molecule has 0 aromatic carbocycles. The van der Waals surface area contributed by atoms with E-state index in [1.54, 1.807) is 6.07 Å². The van der Waals surface area contributed by atoms with Gasteiger partial charge in [0.05, 0.1) is 5.75 Å². The largest absolute Gasteiger partial charge is 0.370 e. The van der Waals surface area contributed by atoms with E-state index in [1.165, 1.54) is 13.1 Å². The summed E-state index contributed by atoms with van der Waals surface area (Å²) in [4.78, 5) is 16.0. The summed E-state index contributed by atoms with van der Waals surface area (Å²) in [5.41, 5.74) is 0.329. The monoisotopic (exact) mass is 334 g/mol. The molecule has 1 aromatic heterocycles. The minimum Gasteiger partial charge on any atom is -0.370 e. The lowest BCUT2D eigenvalue weighted by Gasteiger charge is -2.09. The van der Waals surface area contributed by atoms with Gasteiger partial charge >= 0.3 is 0 Å². The molecule has 0 radical (unpaired) electrons. The molecule has 21 heavy (non-hydrogen) atoms. The summed E-state index contributed by atoms with van der Waals surface area (Å²) in [5.74, 6) is -0.0721. The van der Waals surface area contributed by atoms with Crippen LogP contribution in [0.1, 0.15) is 23.7 Å². The molecule has 0 atom stereocenters. The molecule has 0 unspecified atom stereocenters. The first kappa shape index (κ1) is 17.7. The van der Waals surface area contributed by atoms with Crippen molar-refractivity contribution in [2.75, 3.05) is 31.2 Å². The maximum Gasteiger partial charge on any atom is 0.251 e. The fourth-order valence-corrected chi connectivity index (χ4v) is 2.26. The Labute approximate surface area is 129 Å². The standard InChI is InChI=1S/C12H19ClN4O3S/c1-3-4-15-11-8-9(7-10(13)17-11)12(18)16-5-6-21(19,20)14-2/h7-8,14H,3-6H2,1-2H3,(H,15,17)(H,16,18). The Morgan fingerprint density at radius 3 is 2.67 bits per heavy atom. The van der Waals surface area contributed by atoms with E-state index in [4.69, 9.17) is 11.6 Å². The van der Waals surface area contributed by atoms with E-state index in [0.717, 1.165) is 13.0 Å². The molecular formula is C12H19ClN4O3S. The van der Waals surface area contributed by atoms with Gasteiger partial charge in [0.25, 0.3) is 5.91 Å². The number of carbonyl (C=O) groups is 1. The molecular weight excluding hydrogens is 316 g/mol. The van der Waals surface area contributed by atoms with Gasteiger partial charge < -0.3 is 10.6 Å². The van der Waals surface area contributed by atoms with E-state index in [9.17, 15) is 13.2 Å². The predicted molar refractivity (Wildman–Crippen MR) is 83.2 cm³/mol. The van der Waals surface area contributed by atoms with Crippen LogP contribution >= 0.6 is 11.6 Å². The Morgan fingerprint density at radius 2 is 2.05 bits per heavy atom. The quantitative estimate of drug-likeness (QED) is 0.612. The van der Waals surface area contributed by atoms with Gasteiger partial charge in [-0.05, 0) is 25.6 Å². The molecule has 0 aliphatic rings. The third-order valence-electron chi connectivity index (χ3n) is 2.58. The smallest absolute Gasteiger partial charge is 0.251 e. The van der Waals surface area contributed by atoms with E-state index in [1.807, 2.05) is 6.92 Å². The fourth-order valence-electron chi connectivity index (χ4n) is 1.47. The minimum atomic E-state index is -3.34. The van der Waals surface area contributed by atoms with E-state index in [-0.39, 0.29) is 17.5 Å². The second kappa shape index (κ2) is 8.16. The maximum atomic E-state index is 12.0. The van der Waals surface area contributed by atoms with Crippen LogP contribution in [0, 0.1) is 0 Å². The molecule has 0 fully saturated rings. The highest BCUT2D eigenvalue weighted by molar-refractivity contribution is 7.89. The lowest BCUT2D eigenvalue weighted by molar-refractivity contribution is 0.0956. The number of rotatable bonds is 8. The molecule has 1 aromatic rings. The highest BCUT2D eigenvalue weighted by Gasteiger charge is 2.11. The van der Waals surface area contributed by atoms with Crippen LogP contribution in [0.25, 0.3) is 0 Å². The van der Waals surface area contributed by atoms with Crippen LogP contribution in [-0.4, -0.2) is 45.2 Å². The molecule has 9 heteroatoms. The van der Waals surface area contributed by atoms with Crippen LogP contribution in [0.2, 0.25) is 5.15 Å². The third-order valence-corrected chi connectivity index (χ3v) is 4.14. The normalized spacial score (nSPS) is 11.2. The number of amides is 1. The van der Waals surface area contributed by atoms with Gasteiger partial charge in [-0.1, -0.05) is 18.5 Å². The van der Waals surface area contributed by atoms with Gasteiger partial charge in [-0.25, -0.2) is 18.1 Å². The Bertz CT molecular complexity index is 592. The van der Waals surface area contributed by atoms with Crippen molar-refractivity contribution in [1.82, 2.24) is 15.0 Å². The van der Waals surface area contributed by atoms with Crippen LogP contribution in [-0.2, 0) is 10.0 Å². The summed E-state index contributed by atoms with van der Waals surface area (Å²) in [6.07, 6.45) is 0.914. The van der Waals surface area contributed by atoms with E-state index < -0.39 is 15.9 Å². The number of hydrogen-bond donors (Lipinski definition) is 3. The number of hydrogen-bond acceptors (Lipinski definition) is 5.